The number of anilines is 1. The average Bonchev–Trinajstić information content (AvgIpc) is 3.36. The predicted molar refractivity (Wildman–Crippen MR) is 132 cm³/mol. The van der Waals surface area contributed by atoms with Gasteiger partial charge in [-0.05, 0) is 74.5 Å². The molecule has 1 aromatic heterocycles. The van der Waals surface area contributed by atoms with Crippen LogP contribution in [0.3, 0.4) is 0 Å². The van der Waals surface area contributed by atoms with E-state index in [0.717, 1.165) is 0 Å². The standard InChI is InChI=1S/C24H27N3O7S2/c1-17-15-27(16-18(2)34-17)36(31,32)23-9-5-19(6-10-23)24(28)26-20-7-11-22(12-8-20)35(29,30)25-14-21-4-3-13-33-21/h3-13,17-18,25H,14-16H2,1-2H3,(H,26,28)/t17-,18+. The van der Waals surface area contributed by atoms with Crippen molar-refractivity contribution in [3.05, 3.63) is 78.3 Å². The average molecular weight is 534 g/mol. The van der Waals surface area contributed by atoms with Gasteiger partial charge in [-0.15, -0.1) is 0 Å². The third kappa shape index (κ3) is 6.02. The largest absolute Gasteiger partial charge is 0.468 e. The third-order valence-corrected chi connectivity index (χ3v) is 8.84. The Morgan fingerprint density at radius 3 is 2.11 bits per heavy atom. The van der Waals surface area contributed by atoms with E-state index in [2.05, 4.69) is 10.0 Å². The van der Waals surface area contributed by atoms with Gasteiger partial charge in [0.15, 0.2) is 0 Å². The number of nitrogens with one attached hydrogen (secondary N) is 2. The molecule has 12 heteroatoms. The lowest BCUT2D eigenvalue weighted by Gasteiger charge is -2.34. The highest BCUT2D eigenvalue weighted by atomic mass is 32.2. The first kappa shape index (κ1) is 26.0. The molecule has 0 radical (unpaired) electrons. The number of carbonyl (C=O) groups excluding carboxylic acids is 1. The Labute approximate surface area is 210 Å². The van der Waals surface area contributed by atoms with E-state index in [1.807, 2.05) is 13.8 Å². The van der Waals surface area contributed by atoms with Gasteiger partial charge in [0, 0.05) is 24.3 Å². The van der Waals surface area contributed by atoms with Crippen molar-refractivity contribution in [3.63, 3.8) is 0 Å². The molecule has 2 N–H and O–H groups in total. The molecule has 1 saturated heterocycles. The first-order chi connectivity index (χ1) is 17.0. The van der Waals surface area contributed by atoms with Crippen molar-refractivity contribution in [2.75, 3.05) is 18.4 Å². The SMILES string of the molecule is C[C@@H]1CN(S(=O)(=O)c2ccc(C(=O)Nc3ccc(S(=O)(=O)NCc4ccco4)cc3)cc2)C[C@H](C)O1. The Morgan fingerprint density at radius 1 is 0.917 bits per heavy atom. The molecule has 0 bridgehead atoms. The topological polar surface area (TPSA) is 135 Å². The smallest absolute Gasteiger partial charge is 0.255 e. The summed E-state index contributed by atoms with van der Waals surface area (Å²) in [6, 6.07) is 14.7. The number of amides is 1. The molecule has 3 aromatic rings. The lowest BCUT2D eigenvalue weighted by molar-refractivity contribution is -0.0440. The summed E-state index contributed by atoms with van der Waals surface area (Å²) in [5.41, 5.74) is 0.646. The minimum atomic E-state index is -3.76. The Bertz CT molecular complexity index is 1390. The Morgan fingerprint density at radius 2 is 1.53 bits per heavy atom. The summed E-state index contributed by atoms with van der Waals surface area (Å²) in [7, 11) is -7.47. The highest BCUT2D eigenvalue weighted by Crippen LogP contribution is 2.22. The van der Waals surface area contributed by atoms with Crippen molar-refractivity contribution in [1.82, 2.24) is 9.03 Å². The zero-order chi connectivity index (χ0) is 25.9. The van der Waals surface area contributed by atoms with E-state index in [1.54, 1.807) is 12.1 Å². The number of furan rings is 1. The summed E-state index contributed by atoms with van der Waals surface area (Å²) in [4.78, 5) is 12.8. The van der Waals surface area contributed by atoms with Crippen LogP contribution in [-0.2, 0) is 31.3 Å². The minimum Gasteiger partial charge on any atom is -0.468 e. The molecule has 0 unspecified atom stereocenters. The zero-order valence-electron chi connectivity index (χ0n) is 19.7. The Balaban J connectivity index is 1.39. The van der Waals surface area contributed by atoms with Gasteiger partial charge < -0.3 is 14.5 Å². The van der Waals surface area contributed by atoms with Gasteiger partial charge in [0.1, 0.15) is 5.76 Å². The van der Waals surface area contributed by atoms with Crippen LogP contribution in [-0.4, -0.2) is 52.3 Å². The molecular weight excluding hydrogens is 506 g/mol. The summed E-state index contributed by atoms with van der Waals surface area (Å²) in [6.07, 6.45) is 1.04. The monoisotopic (exact) mass is 533 g/mol. The molecule has 1 amide bonds. The van der Waals surface area contributed by atoms with E-state index >= 15 is 0 Å². The highest BCUT2D eigenvalue weighted by Gasteiger charge is 2.32. The molecule has 36 heavy (non-hydrogen) atoms. The van der Waals surface area contributed by atoms with Crippen molar-refractivity contribution >= 4 is 31.6 Å². The summed E-state index contributed by atoms with van der Waals surface area (Å²) < 4.78 is 65.4. The van der Waals surface area contributed by atoms with Crippen LogP contribution >= 0.6 is 0 Å². The molecular formula is C24H27N3O7S2. The van der Waals surface area contributed by atoms with E-state index in [1.165, 1.54) is 59.1 Å². The number of rotatable bonds is 8. The van der Waals surface area contributed by atoms with Crippen LogP contribution in [0.15, 0.2) is 81.1 Å². The van der Waals surface area contributed by atoms with Gasteiger partial charge in [-0.1, -0.05) is 0 Å². The fourth-order valence-corrected chi connectivity index (χ4v) is 6.42. The summed E-state index contributed by atoms with van der Waals surface area (Å²) in [5.74, 6) is 0.0226. The zero-order valence-corrected chi connectivity index (χ0v) is 21.4. The molecule has 4 rings (SSSR count). The maximum absolute atomic E-state index is 13.0. The summed E-state index contributed by atoms with van der Waals surface area (Å²) in [6.45, 7) is 4.19. The molecule has 2 heterocycles. The molecule has 2 atom stereocenters. The van der Waals surface area contributed by atoms with Crippen LogP contribution in [0.4, 0.5) is 5.69 Å². The highest BCUT2D eigenvalue weighted by molar-refractivity contribution is 7.89. The number of nitrogens with zero attached hydrogens (tertiary/aromatic N) is 1. The second-order valence-electron chi connectivity index (χ2n) is 8.49. The fraction of sp³-hybridized carbons (Fsp3) is 0.292. The van der Waals surface area contributed by atoms with Crippen molar-refractivity contribution in [1.29, 1.82) is 0 Å². The van der Waals surface area contributed by atoms with Crippen molar-refractivity contribution in [3.8, 4) is 0 Å². The second-order valence-corrected chi connectivity index (χ2v) is 12.2. The quantitative estimate of drug-likeness (QED) is 0.455. The number of carbonyl (C=O) groups is 1. The number of morpholine rings is 1. The van der Waals surface area contributed by atoms with Crippen LogP contribution in [0.1, 0.15) is 30.0 Å². The second kappa shape index (κ2) is 10.5. The molecule has 10 nitrogen and oxygen atoms in total. The molecule has 1 aliphatic heterocycles. The molecule has 0 aliphatic carbocycles. The van der Waals surface area contributed by atoms with Gasteiger partial charge in [-0.25, -0.2) is 21.6 Å². The normalized spacial score (nSPS) is 19.2. The molecule has 192 valence electrons. The first-order valence-electron chi connectivity index (χ1n) is 11.2. The van der Waals surface area contributed by atoms with Gasteiger partial charge in [-0.2, -0.15) is 4.31 Å². The van der Waals surface area contributed by atoms with Gasteiger partial charge in [-0.3, -0.25) is 4.79 Å². The number of ether oxygens (including phenoxy) is 1. The van der Waals surface area contributed by atoms with Crippen molar-refractivity contribution in [2.24, 2.45) is 0 Å². The summed E-state index contributed by atoms with van der Waals surface area (Å²) in [5, 5.41) is 2.68. The Hall–Kier alpha value is -3.03. The van der Waals surface area contributed by atoms with Gasteiger partial charge in [0.25, 0.3) is 5.91 Å². The number of benzene rings is 2. The van der Waals surface area contributed by atoms with Crippen LogP contribution < -0.4 is 10.0 Å². The van der Waals surface area contributed by atoms with E-state index in [9.17, 15) is 21.6 Å². The number of sulfonamides is 2. The fourth-order valence-electron chi connectivity index (χ4n) is 3.84. The number of hydrogen-bond donors (Lipinski definition) is 2. The minimum absolute atomic E-state index is 0.0170. The predicted octanol–water partition coefficient (Wildman–Crippen LogP) is 2.81. The van der Waals surface area contributed by atoms with Crippen LogP contribution in [0.25, 0.3) is 0 Å². The lowest BCUT2D eigenvalue weighted by Crippen LogP contribution is -2.48. The number of hydrogen-bond acceptors (Lipinski definition) is 7. The van der Waals surface area contributed by atoms with Crippen LogP contribution in [0.2, 0.25) is 0 Å². The van der Waals surface area contributed by atoms with E-state index in [0.29, 0.717) is 11.4 Å². The van der Waals surface area contributed by atoms with Gasteiger partial charge >= 0.3 is 0 Å². The van der Waals surface area contributed by atoms with E-state index in [-0.39, 0.29) is 47.2 Å². The van der Waals surface area contributed by atoms with Gasteiger partial charge in [0.05, 0.1) is 34.8 Å². The van der Waals surface area contributed by atoms with Crippen molar-refractivity contribution < 1.29 is 30.8 Å². The maximum atomic E-state index is 13.0. The van der Waals surface area contributed by atoms with Crippen LogP contribution in [0.5, 0.6) is 0 Å². The Kier molecular flexibility index (Phi) is 7.62. The first-order valence-corrected chi connectivity index (χ1v) is 14.2. The van der Waals surface area contributed by atoms with E-state index in [4.69, 9.17) is 9.15 Å². The molecule has 0 spiro atoms. The van der Waals surface area contributed by atoms with Gasteiger partial charge in [0.2, 0.25) is 20.0 Å². The van der Waals surface area contributed by atoms with Crippen LogP contribution in [0, 0.1) is 0 Å². The molecule has 0 saturated carbocycles. The molecule has 2 aromatic carbocycles. The summed E-state index contributed by atoms with van der Waals surface area (Å²) >= 11 is 0. The maximum Gasteiger partial charge on any atom is 0.255 e. The van der Waals surface area contributed by atoms with E-state index < -0.39 is 26.0 Å². The molecule has 1 aliphatic rings. The lowest BCUT2D eigenvalue weighted by atomic mass is 10.2. The van der Waals surface area contributed by atoms with Crippen molar-refractivity contribution in [2.45, 2.75) is 42.4 Å². The third-order valence-electron chi connectivity index (χ3n) is 5.58. The molecule has 1 fully saturated rings.